The number of carbonyl (C=O) groups excluding carboxylic acids is 1. The number of halogens is 1. The molecule has 3 rings (SSSR count). The summed E-state index contributed by atoms with van der Waals surface area (Å²) in [6.45, 7) is 4.27. The number of fused-ring (bicyclic) bond motifs is 1. The molecule has 0 aliphatic carbocycles. The second-order valence-corrected chi connectivity index (χ2v) is 6.93. The van der Waals surface area contributed by atoms with E-state index in [-0.39, 0.29) is 11.6 Å². The molecule has 2 aromatic heterocycles. The van der Waals surface area contributed by atoms with E-state index in [4.69, 9.17) is 5.73 Å². The Balaban J connectivity index is 2.02. The van der Waals surface area contributed by atoms with Crippen molar-refractivity contribution in [3.05, 3.63) is 58.3 Å². The van der Waals surface area contributed by atoms with Crippen LogP contribution >= 0.6 is 11.3 Å². The second kappa shape index (κ2) is 6.08. The van der Waals surface area contributed by atoms with E-state index >= 15 is 0 Å². The molecule has 0 bridgehead atoms. The van der Waals surface area contributed by atoms with Crippen molar-refractivity contribution in [1.29, 1.82) is 0 Å². The first-order chi connectivity index (χ1) is 11.0. The van der Waals surface area contributed by atoms with E-state index in [1.165, 1.54) is 35.6 Å². The molecule has 1 aromatic carbocycles. The second-order valence-electron chi connectivity index (χ2n) is 5.93. The van der Waals surface area contributed by atoms with Gasteiger partial charge in [0.2, 0.25) is 5.78 Å². The van der Waals surface area contributed by atoms with Crippen molar-refractivity contribution in [3.8, 4) is 0 Å². The zero-order chi connectivity index (χ0) is 16.6. The van der Waals surface area contributed by atoms with Gasteiger partial charge in [-0.25, -0.2) is 9.37 Å². The molecule has 2 N–H and O–H groups in total. The largest absolute Gasteiger partial charge is 0.397 e. The van der Waals surface area contributed by atoms with Gasteiger partial charge in [0.05, 0.1) is 5.69 Å². The Labute approximate surface area is 138 Å². The monoisotopic (exact) mass is 328 g/mol. The van der Waals surface area contributed by atoms with Gasteiger partial charge in [-0.15, -0.1) is 11.3 Å². The topological polar surface area (TPSA) is 56.0 Å². The number of aromatic nitrogens is 1. The van der Waals surface area contributed by atoms with Gasteiger partial charge in [0.25, 0.3) is 0 Å². The first-order valence-electron chi connectivity index (χ1n) is 7.44. The lowest BCUT2D eigenvalue weighted by molar-refractivity contribution is 0.104. The molecule has 0 amide bonds. The highest BCUT2D eigenvalue weighted by atomic mass is 32.1. The summed E-state index contributed by atoms with van der Waals surface area (Å²) in [5.41, 5.74) is 8.00. The Morgan fingerprint density at radius 2 is 1.91 bits per heavy atom. The standard InChI is InChI=1S/C18H17FN2OS/c1-10(2)9-13-7-8-14-15(20)17(23-18(14)21-13)16(22)11-3-5-12(19)6-4-11/h3-8,10H,9,20H2,1-2H3. The van der Waals surface area contributed by atoms with Crippen LogP contribution in [0.1, 0.15) is 34.8 Å². The predicted octanol–water partition coefficient (Wildman–Crippen LogP) is 4.45. The quantitative estimate of drug-likeness (QED) is 0.720. The van der Waals surface area contributed by atoms with Crippen LogP contribution < -0.4 is 5.73 Å². The first-order valence-corrected chi connectivity index (χ1v) is 8.25. The zero-order valence-electron chi connectivity index (χ0n) is 13.0. The SMILES string of the molecule is CC(C)Cc1ccc2c(N)c(C(=O)c3ccc(F)cc3)sc2n1. The van der Waals surface area contributed by atoms with E-state index in [1.807, 2.05) is 12.1 Å². The van der Waals surface area contributed by atoms with Crippen LogP contribution in [0.15, 0.2) is 36.4 Å². The number of thiophene rings is 1. The fourth-order valence-corrected chi connectivity index (χ4v) is 3.54. The van der Waals surface area contributed by atoms with Crippen molar-refractivity contribution in [2.24, 2.45) is 5.92 Å². The summed E-state index contributed by atoms with van der Waals surface area (Å²) in [5.74, 6) is -0.0562. The molecule has 0 saturated carbocycles. The number of nitrogens with two attached hydrogens (primary N) is 1. The summed E-state index contributed by atoms with van der Waals surface area (Å²) >= 11 is 1.29. The highest BCUT2D eigenvalue weighted by Crippen LogP contribution is 2.34. The summed E-state index contributed by atoms with van der Waals surface area (Å²) in [4.78, 5) is 18.4. The van der Waals surface area contributed by atoms with Gasteiger partial charge in [0.1, 0.15) is 15.5 Å². The van der Waals surface area contributed by atoms with E-state index < -0.39 is 0 Å². The molecule has 0 atom stereocenters. The first kappa shape index (κ1) is 15.6. The number of benzene rings is 1. The van der Waals surface area contributed by atoms with E-state index in [0.29, 0.717) is 22.0 Å². The fourth-order valence-electron chi connectivity index (χ4n) is 2.47. The molecular formula is C18H17FN2OS. The molecule has 0 fully saturated rings. The molecule has 0 radical (unpaired) electrons. The molecule has 0 unspecified atom stereocenters. The van der Waals surface area contributed by atoms with Crippen LogP contribution in [0.2, 0.25) is 0 Å². The molecule has 3 aromatic rings. The Bertz CT molecular complexity index is 869. The number of rotatable bonds is 4. The number of nitrogen functional groups attached to an aromatic ring is 1. The van der Waals surface area contributed by atoms with Crippen molar-refractivity contribution in [1.82, 2.24) is 4.98 Å². The van der Waals surface area contributed by atoms with Crippen molar-refractivity contribution < 1.29 is 9.18 Å². The van der Waals surface area contributed by atoms with Crippen molar-refractivity contribution in [2.75, 3.05) is 5.73 Å². The molecule has 0 saturated heterocycles. The third-order valence-electron chi connectivity index (χ3n) is 3.58. The molecule has 23 heavy (non-hydrogen) atoms. The number of anilines is 1. The van der Waals surface area contributed by atoms with Crippen LogP contribution in [0.4, 0.5) is 10.1 Å². The summed E-state index contributed by atoms with van der Waals surface area (Å²) in [5, 5.41) is 0.799. The van der Waals surface area contributed by atoms with Gasteiger partial charge in [-0.2, -0.15) is 0 Å². The van der Waals surface area contributed by atoms with Crippen LogP contribution in [0.5, 0.6) is 0 Å². The van der Waals surface area contributed by atoms with Gasteiger partial charge in [-0.3, -0.25) is 4.79 Å². The van der Waals surface area contributed by atoms with Gasteiger partial charge in [0.15, 0.2) is 0 Å². The third kappa shape index (κ3) is 3.10. The van der Waals surface area contributed by atoms with Gasteiger partial charge in [-0.1, -0.05) is 13.8 Å². The predicted molar refractivity (Wildman–Crippen MR) is 92.4 cm³/mol. The average Bonchev–Trinajstić information content (AvgIpc) is 2.83. The summed E-state index contributed by atoms with van der Waals surface area (Å²) in [6, 6.07) is 9.37. The maximum absolute atomic E-state index is 13.0. The van der Waals surface area contributed by atoms with Crippen LogP contribution in [-0.2, 0) is 6.42 Å². The molecule has 118 valence electrons. The van der Waals surface area contributed by atoms with Gasteiger partial charge in [0, 0.05) is 16.6 Å². The molecule has 0 aliphatic rings. The number of hydrogen-bond acceptors (Lipinski definition) is 4. The number of hydrogen-bond donors (Lipinski definition) is 1. The summed E-state index contributed by atoms with van der Waals surface area (Å²) < 4.78 is 13.0. The molecular weight excluding hydrogens is 311 g/mol. The molecule has 2 heterocycles. The Kier molecular flexibility index (Phi) is 4.13. The van der Waals surface area contributed by atoms with E-state index in [1.54, 1.807) is 0 Å². The number of ketones is 1. The fraction of sp³-hybridized carbons (Fsp3) is 0.222. The van der Waals surface area contributed by atoms with Gasteiger partial charge >= 0.3 is 0 Å². The highest BCUT2D eigenvalue weighted by molar-refractivity contribution is 7.21. The highest BCUT2D eigenvalue weighted by Gasteiger charge is 2.19. The van der Waals surface area contributed by atoms with Crippen molar-refractivity contribution >= 4 is 33.0 Å². The van der Waals surface area contributed by atoms with Crippen LogP contribution in [0.3, 0.4) is 0 Å². The van der Waals surface area contributed by atoms with E-state index in [2.05, 4.69) is 18.8 Å². The van der Waals surface area contributed by atoms with Crippen LogP contribution in [0, 0.1) is 11.7 Å². The Morgan fingerprint density at radius 1 is 1.22 bits per heavy atom. The lowest BCUT2D eigenvalue weighted by atomic mass is 10.1. The van der Waals surface area contributed by atoms with E-state index in [9.17, 15) is 9.18 Å². The molecule has 0 spiro atoms. The number of pyridine rings is 1. The molecule has 3 nitrogen and oxygen atoms in total. The zero-order valence-corrected chi connectivity index (χ0v) is 13.8. The molecule has 0 aliphatic heterocycles. The van der Waals surface area contributed by atoms with Crippen LogP contribution in [0.25, 0.3) is 10.2 Å². The lowest BCUT2D eigenvalue weighted by Gasteiger charge is -2.03. The molecule has 5 heteroatoms. The minimum Gasteiger partial charge on any atom is -0.397 e. The maximum atomic E-state index is 13.0. The number of nitrogens with zero attached hydrogens (tertiary/aromatic N) is 1. The smallest absolute Gasteiger partial charge is 0.205 e. The minimum atomic E-state index is -0.370. The maximum Gasteiger partial charge on any atom is 0.205 e. The normalized spacial score (nSPS) is 11.3. The Hall–Kier alpha value is -2.27. The number of carbonyl (C=O) groups is 1. The minimum absolute atomic E-state index is 0.198. The summed E-state index contributed by atoms with van der Waals surface area (Å²) in [7, 11) is 0. The van der Waals surface area contributed by atoms with Crippen molar-refractivity contribution in [2.45, 2.75) is 20.3 Å². The van der Waals surface area contributed by atoms with Crippen molar-refractivity contribution in [3.63, 3.8) is 0 Å². The third-order valence-corrected chi connectivity index (χ3v) is 4.70. The summed E-state index contributed by atoms with van der Waals surface area (Å²) in [6.07, 6.45) is 0.884. The van der Waals surface area contributed by atoms with Gasteiger partial charge in [-0.05, 0) is 48.7 Å². The van der Waals surface area contributed by atoms with Gasteiger partial charge < -0.3 is 5.73 Å². The van der Waals surface area contributed by atoms with Crippen LogP contribution in [-0.4, -0.2) is 10.8 Å². The average molecular weight is 328 g/mol. The van der Waals surface area contributed by atoms with E-state index in [0.717, 1.165) is 22.3 Å². The lowest BCUT2D eigenvalue weighted by Crippen LogP contribution is -2.02. The Morgan fingerprint density at radius 3 is 2.57 bits per heavy atom.